The maximum Gasteiger partial charge on any atom is 0.203 e. The van der Waals surface area contributed by atoms with Crippen molar-refractivity contribution < 1.29 is 4.42 Å². The Labute approximate surface area is 97.5 Å². The van der Waals surface area contributed by atoms with Gasteiger partial charge in [-0.15, -0.1) is 0 Å². The second-order valence-corrected chi connectivity index (χ2v) is 5.09. The van der Waals surface area contributed by atoms with E-state index in [1.165, 1.54) is 0 Å². The monoisotopic (exact) mass is 220 g/mol. The first-order chi connectivity index (χ1) is 7.47. The van der Waals surface area contributed by atoms with Crippen molar-refractivity contribution >= 4 is 0 Å². The van der Waals surface area contributed by atoms with Crippen molar-refractivity contribution in [2.24, 2.45) is 5.41 Å². The van der Waals surface area contributed by atoms with E-state index in [9.17, 15) is 0 Å². The summed E-state index contributed by atoms with van der Waals surface area (Å²) in [5.41, 5.74) is 0.236. The van der Waals surface area contributed by atoms with Gasteiger partial charge < -0.3 is 9.73 Å². The highest BCUT2D eigenvalue weighted by molar-refractivity contribution is 5.19. The average Bonchev–Trinajstić information content (AvgIpc) is 2.64. The van der Waals surface area contributed by atoms with Gasteiger partial charge in [-0.3, -0.25) is 0 Å². The van der Waals surface area contributed by atoms with E-state index in [0.29, 0.717) is 18.3 Å². The molecule has 1 aromatic rings. The first-order valence-electron chi connectivity index (χ1n) is 5.69. The minimum absolute atomic E-state index is 0.236. The van der Waals surface area contributed by atoms with Gasteiger partial charge >= 0.3 is 0 Å². The highest BCUT2D eigenvalue weighted by atomic mass is 16.3. The maximum atomic E-state index is 8.64. The third-order valence-electron chi connectivity index (χ3n) is 2.75. The number of rotatable bonds is 4. The molecule has 0 aliphatic rings. The van der Waals surface area contributed by atoms with Crippen LogP contribution in [0.2, 0.25) is 0 Å². The summed E-state index contributed by atoms with van der Waals surface area (Å²) in [4.78, 5) is 0. The highest BCUT2D eigenvalue weighted by Crippen LogP contribution is 2.22. The number of nitriles is 1. The van der Waals surface area contributed by atoms with E-state index >= 15 is 0 Å². The molecular weight excluding hydrogens is 200 g/mol. The third-order valence-corrected chi connectivity index (χ3v) is 2.75. The Balaban J connectivity index is 2.53. The van der Waals surface area contributed by atoms with E-state index < -0.39 is 0 Å². The second-order valence-electron chi connectivity index (χ2n) is 5.09. The van der Waals surface area contributed by atoms with Crippen molar-refractivity contribution in [3.8, 4) is 6.07 Å². The highest BCUT2D eigenvalue weighted by Gasteiger charge is 2.22. The predicted molar refractivity (Wildman–Crippen MR) is 63.8 cm³/mol. The van der Waals surface area contributed by atoms with Crippen molar-refractivity contribution in [1.82, 2.24) is 5.32 Å². The molecule has 1 atom stereocenters. The van der Waals surface area contributed by atoms with Crippen molar-refractivity contribution in [3.63, 3.8) is 0 Å². The van der Waals surface area contributed by atoms with Crippen molar-refractivity contribution in [2.75, 3.05) is 0 Å². The summed E-state index contributed by atoms with van der Waals surface area (Å²) < 4.78 is 5.32. The quantitative estimate of drug-likeness (QED) is 0.848. The van der Waals surface area contributed by atoms with Crippen LogP contribution >= 0.6 is 0 Å². The molecule has 0 spiro atoms. The summed E-state index contributed by atoms with van der Waals surface area (Å²) in [5, 5.41) is 12.1. The Hall–Kier alpha value is -1.27. The fraction of sp³-hybridized carbons (Fsp3) is 0.615. The zero-order valence-electron chi connectivity index (χ0n) is 10.5. The Kier molecular flexibility index (Phi) is 4.14. The summed E-state index contributed by atoms with van der Waals surface area (Å²) in [6.07, 6.45) is 1.08. The molecule has 1 unspecified atom stereocenters. The molecule has 88 valence electrons. The minimum Gasteiger partial charge on any atom is -0.449 e. The van der Waals surface area contributed by atoms with Crippen LogP contribution in [0.5, 0.6) is 0 Å². The normalized spacial score (nSPS) is 13.4. The average molecular weight is 220 g/mol. The molecule has 1 rings (SSSR count). The molecule has 0 aliphatic heterocycles. The van der Waals surface area contributed by atoms with Gasteiger partial charge in [0.15, 0.2) is 0 Å². The molecule has 0 bridgehead atoms. The molecule has 1 N–H and O–H groups in total. The van der Waals surface area contributed by atoms with Crippen LogP contribution < -0.4 is 5.32 Å². The first kappa shape index (κ1) is 12.8. The molecule has 1 aromatic heterocycles. The number of nitrogens with zero attached hydrogens (tertiary/aromatic N) is 1. The lowest BCUT2D eigenvalue weighted by molar-refractivity contribution is 0.253. The van der Waals surface area contributed by atoms with Gasteiger partial charge in [0.2, 0.25) is 5.76 Å². The smallest absolute Gasteiger partial charge is 0.203 e. The number of hydrogen-bond acceptors (Lipinski definition) is 3. The zero-order valence-corrected chi connectivity index (χ0v) is 10.5. The molecule has 0 aromatic carbocycles. The fourth-order valence-corrected chi connectivity index (χ4v) is 1.82. The topological polar surface area (TPSA) is 49.0 Å². The van der Waals surface area contributed by atoms with E-state index in [-0.39, 0.29) is 5.41 Å². The van der Waals surface area contributed by atoms with Crippen molar-refractivity contribution in [1.29, 1.82) is 5.26 Å². The predicted octanol–water partition coefficient (Wildman–Crippen LogP) is 3.07. The number of hydrogen-bond donors (Lipinski definition) is 1. The fourth-order valence-electron chi connectivity index (χ4n) is 1.82. The van der Waals surface area contributed by atoms with E-state index in [2.05, 4.69) is 33.0 Å². The summed E-state index contributed by atoms with van der Waals surface area (Å²) in [6.45, 7) is 9.51. The zero-order chi connectivity index (χ0) is 12.2. The van der Waals surface area contributed by atoms with Crippen molar-refractivity contribution in [3.05, 3.63) is 23.7 Å². The summed E-state index contributed by atoms with van der Waals surface area (Å²) in [5.74, 6) is 1.19. The largest absolute Gasteiger partial charge is 0.449 e. The van der Waals surface area contributed by atoms with Crippen LogP contribution in [0.15, 0.2) is 16.5 Å². The lowest BCUT2D eigenvalue weighted by Crippen LogP contribution is -2.39. The standard InChI is InChI=1S/C13H20N2O/c1-5-12(13(2,3)4)15-9-11-7-6-10(8-14)16-11/h6-7,12,15H,5,9H2,1-4H3. The van der Waals surface area contributed by atoms with Gasteiger partial charge in [0, 0.05) is 6.04 Å². The van der Waals surface area contributed by atoms with Crippen LogP contribution in [0.25, 0.3) is 0 Å². The van der Waals surface area contributed by atoms with Crippen LogP contribution in [0.3, 0.4) is 0 Å². The van der Waals surface area contributed by atoms with Gasteiger partial charge in [0.05, 0.1) is 6.54 Å². The second kappa shape index (κ2) is 5.18. The molecule has 1 heterocycles. The Morgan fingerprint density at radius 3 is 2.56 bits per heavy atom. The first-order valence-corrected chi connectivity index (χ1v) is 5.69. The Morgan fingerprint density at radius 2 is 2.12 bits per heavy atom. The van der Waals surface area contributed by atoms with Crippen LogP contribution in [0.4, 0.5) is 0 Å². The molecule has 16 heavy (non-hydrogen) atoms. The van der Waals surface area contributed by atoms with Crippen LogP contribution in [-0.4, -0.2) is 6.04 Å². The van der Waals surface area contributed by atoms with Gasteiger partial charge in [0.25, 0.3) is 0 Å². The van der Waals surface area contributed by atoms with Gasteiger partial charge in [0.1, 0.15) is 11.8 Å². The molecule has 0 aliphatic carbocycles. The number of furan rings is 1. The van der Waals surface area contributed by atoms with Crippen LogP contribution in [-0.2, 0) is 6.54 Å². The number of nitrogens with one attached hydrogen (secondary N) is 1. The van der Waals surface area contributed by atoms with E-state index in [1.807, 2.05) is 12.1 Å². The summed E-state index contributed by atoms with van der Waals surface area (Å²) in [7, 11) is 0. The van der Waals surface area contributed by atoms with E-state index in [0.717, 1.165) is 12.2 Å². The SMILES string of the molecule is CCC(NCc1ccc(C#N)o1)C(C)(C)C. The minimum atomic E-state index is 0.236. The van der Waals surface area contributed by atoms with Gasteiger partial charge in [-0.2, -0.15) is 5.26 Å². The maximum absolute atomic E-state index is 8.64. The molecular formula is C13H20N2O. The van der Waals surface area contributed by atoms with E-state index in [1.54, 1.807) is 6.07 Å². The van der Waals surface area contributed by atoms with Crippen molar-refractivity contribution in [2.45, 2.75) is 46.7 Å². The van der Waals surface area contributed by atoms with Gasteiger partial charge in [-0.1, -0.05) is 27.7 Å². The van der Waals surface area contributed by atoms with E-state index in [4.69, 9.17) is 9.68 Å². The van der Waals surface area contributed by atoms with Gasteiger partial charge in [-0.25, -0.2) is 0 Å². The molecule has 0 fully saturated rings. The summed E-state index contributed by atoms with van der Waals surface area (Å²) >= 11 is 0. The van der Waals surface area contributed by atoms with Crippen LogP contribution in [0.1, 0.15) is 45.6 Å². The molecule has 3 heteroatoms. The molecule has 0 saturated heterocycles. The lowest BCUT2D eigenvalue weighted by atomic mass is 9.85. The molecule has 0 radical (unpaired) electrons. The third kappa shape index (κ3) is 3.39. The summed E-state index contributed by atoms with van der Waals surface area (Å²) in [6, 6.07) is 5.98. The van der Waals surface area contributed by atoms with Gasteiger partial charge in [-0.05, 0) is 24.0 Å². The molecule has 3 nitrogen and oxygen atoms in total. The van der Waals surface area contributed by atoms with Crippen LogP contribution in [0, 0.1) is 16.7 Å². The molecule has 0 amide bonds. The Bertz CT molecular complexity index is 368. The Morgan fingerprint density at radius 1 is 1.44 bits per heavy atom. The lowest BCUT2D eigenvalue weighted by Gasteiger charge is -2.30. The molecule has 0 saturated carbocycles.